The Morgan fingerprint density at radius 1 is 0.919 bits per heavy atom. The first-order chi connectivity index (χ1) is 17.9. The van der Waals surface area contributed by atoms with Gasteiger partial charge in [-0.25, -0.2) is 0 Å². The number of hydrogen-bond acceptors (Lipinski definition) is 2. The summed E-state index contributed by atoms with van der Waals surface area (Å²) in [4.78, 5) is 26.6. The van der Waals surface area contributed by atoms with E-state index < -0.39 is 0 Å². The van der Waals surface area contributed by atoms with Crippen molar-refractivity contribution >= 4 is 11.8 Å². The molecule has 0 radical (unpaired) electrons. The van der Waals surface area contributed by atoms with Crippen LogP contribution in [0.4, 0.5) is 0 Å². The third-order valence-corrected chi connectivity index (χ3v) is 6.40. The fraction of sp³-hybridized carbons (Fsp3) is 0.455. The molecule has 3 rings (SSSR count). The highest BCUT2D eigenvalue weighted by Crippen LogP contribution is 2.11. The summed E-state index contributed by atoms with van der Waals surface area (Å²) >= 11 is 0. The molecule has 1 aliphatic rings. The van der Waals surface area contributed by atoms with Crippen LogP contribution in [0.1, 0.15) is 70.4 Å². The number of hydrogen-bond donors (Lipinski definition) is 0. The molecule has 1 saturated heterocycles. The number of nitrogens with zero attached hydrogens (tertiary/aromatic N) is 2. The van der Waals surface area contributed by atoms with Gasteiger partial charge in [-0.3, -0.25) is 9.59 Å². The molecule has 1 fully saturated rings. The van der Waals surface area contributed by atoms with Crippen molar-refractivity contribution in [1.82, 2.24) is 9.80 Å². The van der Waals surface area contributed by atoms with Gasteiger partial charge in [0.25, 0.3) is 0 Å². The summed E-state index contributed by atoms with van der Waals surface area (Å²) in [6.45, 7) is 10.6. The molecule has 4 nitrogen and oxygen atoms in total. The average Bonchev–Trinajstić information content (AvgIpc) is 2.94. The number of allylic oxidation sites excluding steroid dienone is 3. The summed E-state index contributed by atoms with van der Waals surface area (Å²) in [5.41, 5.74) is 3.96. The van der Waals surface area contributed by atoms with Crippen LogP contribution < -0.4 is 0 Å². The van der Waals surface area contributed by atoms with Gasteiger partial charge in [-0.15, -0.1) is 0 Å². The van der Waals surface area contributed by atoms with E-state index in [0.29, 0.717) is 12.3 Å². The second-order valence-corrected chi connectivity index (χ2v) is 9.48. The van der Waals surface area contributed by atoms with Crippen LogP contribution >= 0.6 is 0 Å². The average molecular weight is 505 g/mol. The molecule has 0 unspecified atom stereocenters. The Kier molecular flexibility index (Phi) is 17.2. The fourth-order valence-corrected chi connectivity index (χ4v) is 3.81. The highest BCUT2D eigenvalue weighted by Gasteiger charge is 2.15. The van der Waals surface area contributed by atoms with Gasteiger partial charge in [-0.1, -0.05) is 97.0 Å². The van der Waals surface area contributed by atoms with Crippen LogP contribution in [-0.2, 0) is 16.0 Å². The van der Waals surface area contributed by atoms with E-state index in [1.165, 1.54) is 36.0 Å². The summed E-state index contributed by atoms with van der Waals surface area (Å²) in [5.74, 6) is 0.454. The van der Waals surface area contributed by atoms with Gasteiger partial charge in [0.15, 0.2) is 0 Å². The van der Waals surface area contributed by atoms with Crippen molar-refractivity contribution in [2.45, 2.75) is 72.6 Å². The Bertz CT molecular complexity index is 929. The zero-order valence-corrected chi connectivity index (χ0v) is 23.8. The number of carbonyl (C=O) groups is 2. The van der Waals surface area contributed by atoms with Crippen LogP contribution in [0.25, 0.3) is 0 Å². The number of aryl methyl sites for hydroxylation is 2. The van der Waals surface area contributed by atoms with Crippen LogP contribution in [0.2, 0.25) is 0 Å². The topological polar surface area (TPSA) is 40.6 Å². The largest absolute Gasteiger partial charge is 0.346 e. The molecule has 202 valence electrons. The number of benzene rings is 2. The molecule has 0 aromatic heterocycles. The molecule has 2 amide bonds. The highest BCUT2D eigenvalue weighted by molar-refractivity contribution is 5.76. The maximum Gasteiger partial charge on any atom is 0.222 e. The van der Waals surface area contributed by atoms with Gasteiger partial charge >= 0.3 is 0 Å². The molecule has 0 aliphatic carbocycles. The molecule has 2 aromatic carbocycles. The number of rotatable bonds is 8. The predicted molar refractivity (Wildman–Crippen MR) is 157 cm³/mol. The summed E-state index contributed by atoms with van der Waals surface area (Å²) in [5, 5.41) is 0. The second-order valence-electron chi connectivity index (χ2n) is 9.48. The maximum absolute atomic E-state index is 11.9. The lowest BCUT2D eigenvalue weighted by Gasteiger charge is -2.26. The van der Waals surface area contributed by atoms with Crippen molar-refractivity contribution in [3.63, 3.8) is 0 Å². The summed E-state index contributed by atoms with van der Waals surface area (Å²) in [6.07, 6.45) is 13.4. The van der Waals surface area contributed by atoms with Crippen molar-refractivity contribution < 1.29 is 9.59 Å². The Morgan fingerprint density at radius 3 is 2.00 bits per heavy atom. The van der Waals surface area contributed by atoms with E-state index in [4.69, 9.17) is 0 Å². The van der Waals surface area contributed by atoms with Crippen LogP contribution in [0.3, 0.4) is 0 Å². The Hall–Kier alpha value is -3.14. The normalized spacial score (nSPS) is 13.2. The first kappa shape index (κ1) is 31.9. The fourth-order valence-electron chi connectivity index (χ4n) is 3.81. The first-order valence-electron chi connectivity index (χ1n) is 13.7. The minimum Gasteiger partial charge on any atom is -0.346 e. The molecule has 0 spiro atoms. The van der Waals surface area contributed by atoms with E-state index in [-0.39, 0.29) is 5.91 Å². The monoisotopic (exact) mass is 504 g/mol. The first-order valence-corrected chi connectivity index (χ1v) is 13.7. The van der Waals surface area contributed by atoms with Gasteiger partial charge in [0.05, 0.1) is 0 Å². The van der Waals surface area contributed by atoms with E-state index in [1.807, 2.05) is 67.4 Å². The smallest absolute Gasteiger partial charge is 0.222 e. The third kappa shape index (κ3) is 15.6. The lowest BCUT2D eigenvalue weighted by atomic mass is 10.1. The van der Waals surface area contributed by atoms with Crippen molar-refractivity contribution in [3.05, 3.63) is 95.6 Å². The van der Waals surface area contributed by atoms with Gasteiger partial charge in [-0.05, 0) is 57.9 Å². The molecule has 0 N–H and O–H groups in total. The van der Waals surface area contributed by atoms with E-state index in [2.05, 4.69) is 44.2 Å². The van der Waals surface area contributed by atoms with E-state index in [1.54, 1.807) is 11.8 Å². The maximum atomic E-state index is 11.9. The lowest BCUT2D eigenvalue weighted by molar-refractivity contribution is -0.132. The molecule has 4 heteroatoms. The molecule has 1 heterocycles. The van der Waals surface area contributed by atoms with E-state index in [9.17, 15) is 9.59 Å². The van der Waals surface area contributed by atoms with Crippen molar-refractivity contribution in [1.29, 1.82) is 0 Å². The minimum absolute atomic E-state index is 0.131. The lowest BCUT2D eigenvalue weighted by Crippen LogP contribution is -2.35. The zero-order chi connectivity index (χ0) is 27.3. The number of carbonyl (C=O) groups excluding carboxylic acids is 2. The van der Waals surface area contributed by atoms with E-state index >= 15 is 0 Å². The van der Waals surface area contributed by atoms with Gasteiger partial charge < -0.3 is 9.80 Å². The zero-order valence-electron chi connectivity index (χ0n) is 23.8. The molecule has 0 bridgehead atoms. The van der Waals surface area contributed by atoms with Gasteiger partial charge in [0.1, 0.15) is 0 Å². The summed E-state index contributed by atoms with van der Waals surface area (Å²) in [6, 6.07) is 20.5. The number of amides is 2. The quantitative estimate of drug-likeness (QED) is 0.352. The van der Waals surface area contributed by atoms with Crippen LogP contribution in [0.5, 0.6) is 0 Å². The number of likely N-dealkylation sites (tertiary alicyclic amines) is 1. The SMILES string of the molecule is C/C=C\C=C(/CC)CCN(C)C(C)=O.Cc1ccccc1.O=C(CCc1ccccc1)N1CCCCC1. The number of piperidine rings is 1. The predicted octanol–water partition coefficient (Wildman–Crippen LogP) is 7.39. The van der Waals surface area contributed by atoms with Gasteiger partial charge in [0, 0.05) is 40.0 Å². The minimum atomic E-state index is 0.131. The molecule has 1 aliphatic heterocycles. The standard InChI is InChI=1S/C14H19NO.C12H21NO.C7H8/c16-14(15-11-5-2-6-12-15)10-9-13-7-3-1-4-8-13;1-5-7-8-12(6-2)9-10-13(4)11(3)14;1-7-5-3-2-4-6-7/h1,3-4,7-8H,2,5-6,9-12H2;5,7-8H,6,9-10H2,1-4H3;2-6H,1H3/b;7-5-,12-8+;. The molecular weight excluding hydrogens is 456 g/mol. The molecule has 0 atom stereocenters. The molecule has 2 aromatic rings. The molecular formula is C33H48N2O2. The van der Waals surface area contributed by atoms with Crippen molar-refractivity contribution in [3.8, 4) is 0 Å². The van der Waals surface area contributed by atoms with Crippen molar-refractivity contribution in [2.24, 2.45) is 0 Å². The van der Waals surface area contributed by atoms with Crippen molar-refractivity contribution in [2.75, 3.05) is 26.7 Å². The summed E-state index contributed by atoms with van der Waals surface area (Å²) in [7, 11) is 1.84. The van der Waals surface area contributed by atoms with E-state index in [0.717, 1.165) is 38.9 Å². The Morgan fingerprint density at radius 2 is 1.51 bits per heavy atom. The second kappa shape index (κ2) is 20.0. The van der Waals surface area contributed by atoms with Crippen LogP contribution in [-0.4, -0.2) is 48.3 Å². The summed E-state index contributed by atoms with van der Waals surface area (Å²) < 4.78 is 0. The Labute approximate surface area is 226 Å². The van der Waals surface area contributed by atoms with Gasteiger partial charge in [-0.2, -0.15) is 0 Å². The van der Waals surface area contributed by atoms with Gasteiger partial charge in [0.2, 0.25) is 11.8 Å². The van der Waals surface area contributed by atoms with Crippen LogP contribution in [0.15, 0.2) is 84.5 Å². The highest BCUT2D eigenvalue weighted by atomic mass is 16.2. The third-order valence-electron chi connectivity index (χ3n) is 6.40. The molecule has 0 saturated carbocycles. The Balaban J connectivity index is 0.000000297. The van der Waals surface area contributed by atoms with Crippen LogP contribution in [0, 0.1) is 6.92 Å². The molecule has 37 heavy (non-hydrogen) atoms.